The van der Waals surface area contributed by atoms with Gasteiger partial charge in [-0.15, -0.1) is 0 Å². The van der Waals surface area contributed by atoms with Gasteiger partial charge in [0.15, 0.2) is 5.65 Å². The van der Waals surface area contributed by atoms with Gasteiger partial charge in [-0.2, -0.15) is 0 Å². The predicted octanol–water partition coefficient (Wildman–Crippen LogP) is 6.41. The Hall–Kier alpha value is -4.98. The van der Waals surface area contributed by atoms with E-state index in [1.165, 1.54) is 0 Å². The molecule has 0 radical (unpaired) electrons. The molecule has 0 aliphatic heterocycles. The number of hydrogen-bond acceptors (Lipinski definition) is 7. The molecule has 0 atom stereocenters. The van der Waals surface area contributed by atoms with Crippen molar-refractivity contribution in [3.8, 4) is 11.4 Å². The molecule has 4 N–H and O–H groups in total. The van der Waals surface area contributed by atoms with Crippen LogP contribution in [-0.4, -0.2) is 32.0 Å². The van der Waals surface area contributed by atoms with Crippen molar-refractivity contribution in [2.24, 2.45) is 0 Å². The normalized spacial score (nSPS) is 11.1. The number of benzene rings is 2. The summed E-state index contributed by atoms with van der Waals surface area (Å²) in [4.78, 5) is 21.3. The first-order valence-corrected chi connectivity index (χ1v) is 11.6. The Labute approximate surface area is 207 Å². The maximum Gasteiger partial charge on any atom is 0.157 e. The van der Waals surface area contributed by atoms with E-state index in [0.29, 0.717) is 0 Å². The summed E-state index contributed by atoms with van der Waals surface area (Å²) in [5.74, 6) is 0.772. The number of anilines is 5. The molecule has 2 aromatic carbocycles. The van der Waals surface area contributed by atoms with Crippen molar-refractivity contribution in [3.05, 3.63) is 91.0 Å². The van der Waals surface area contributed by atoms with Gasteiger partial charge in [0.2, 0.25) is 0 Å². The molecule has 176 valence electrons. The highest BCUT2D eigenvalue weighted by Crippen LogP contribution is 2.29. The third-order valence-corrected chi connectivity index (χ3v) is 5.99. The van der Waals surface area contributed by atoms with Gasteiger partial charge in [0, 0.05) is 58.8 Å². The number of aromatic amines is 1. The number of fused-ring (bicyclic) bond motifs is 2. The van der Waals surface area contributed by atoms with E-state index in [4.69, 9.17) is 4.98 Å². The Kier molecular flexibility index (Phi) is 5.38. The molecule has 0 saturated heterocycles. The summed E-state index contributed by atoms with van der Waals surface area (Å²) in [6, 6.07) is 22.2. The van der Waals surface area contributed by atoms with E-state index < -0.39 is 0 Å². The number of aryl methyl sites for hydroxylation is 1. The van der Waals surface area contributed by atoms with Crippen LogP contribution in [0.2, 0.25) is 0 Å². The maximum atomic E-state index is 4.77. The lowest BCUT2D eigenvalue weighted by atomic mass is 10.1. The first kappa shape index (κ1) is 21.5. The summed E-state index contributed by atoms with van der Waals surface area (Å²) in [5.41, 5.74) is 9.28. The molecule has 0 unspecified atom stereocenters. The van der Waals surface area contributed by atoms with Crippen LogP contribution >= 0.6 is 0 Å². The molecule has 36 heavy (non-hydrogen) atoms. The number of aromatic nitrogens is 5. The average molecular weight is 473 g/mol. The van der Waals surface area contributed by atoms with E-state index in [9.17, 15) is 0 Å². The molecule has 4 aromatic heterocycles. The monoisotopic (exact) mass is 472 g/mol. The van der Waals surface area contributed by atoms with Crippen molar-refractivity contribution in [3.63, 3.8) is 0 Å². The zero-order chi connectivity index (χ0) is 24.5. The van der Waals surface area contributed by atoms with Crippen LogP contribution in [0.4, 0.5) is 28.4 Å². The molecular formula is C28H24N8. The van der Waals surface area contributed by atoms with Crippen molar-refractivity contribution < 1.29 is 0 Å². The SMILES string of the molecule is CNc1ccc2nccc(Nc3ccc(-c4nc5cc(Nc6ccnc(C)c6)cnc5[nH]4)cc3)c2c1. The van der Waals surface area contributed by atoms with Crippen LogP contribution in [0.3, 0.4) is 0 Å². The van der Waals surface area contributed by atoms with E-state index in [2.05, 4.69) is 42.0 Å². The molecule has 6 rings (SSSR count). The number of hydrogen-bond donors (Lipinski definition) is 4. The molecule has 4 heterocycles. The Morgan fingerprint density at radius 1 is 0.694 bits per heavy atom. The van der Waals surface area contributed by atoms with Gasteiger partial charge in [0.1, 0.15) is 11.3 Å². The Bertz CT molecular complexity index is 1690. The van der Waals surface area contributed by atoms with Gasteiger partial charge in [-0.25, -0.2) is 9.97 Å². The van der Waals surface area contributed by atoms with E-state index in [-0.39, 0.29) is 0 Å². The average Bonchev–Trinajstić information content (AvgIpc) is 3.33. The van der Waals surface area contributed by atoms with Crippen LogP contribution in [0, 0.1) is 6.92 Å². The van der Waals surface area contributed by atoms with E-state index in [1.807, 2.05) is 80.8 Å². The van der Waals surface area contributed by atoms with Crippen LogP contribution in [0.15, 0.2) is 85.3 Å². The number of pyridine rings is 3. The predicted molar refractivity (Wildman–Crippen MR) is 146 cm³/mol. The minimum Gasteiger partial charge on any atom is -0.388 e. The second kappa shape index (κ2) is 8.99. The largest absolute Gasteiger partial charge is 0.388 e. The van der Waals surface area contributed by atoms with E-state index >= 15 is 0 Å². The van der Waals surface area contributed by atoms with Crippen molar-refractivity contribution >= 4 is 50.5 Å². The second-order valence-electron chi connectivity index (χ2n) is 8.53. The second-order valence-corrected chi connectivity index (χ2v) is 8.53. The molecule has 8 heteroatoms. The minimum atomic E-state index is 0.743. The third kappa shape index (κ3) is 4.27. The Morgan fingerprint density at radius 2 is 1.53 bits per heavy atom. The van der Waals surface area contributed by atoms with Crippen LogP contribution < -0.4 is 16.0 Å². The molecule has 0 amide bonds. The van der Waals surface area contributed by atoms with Gasteiger partial charge in [-0.3, -0.25) is 9.97 Å². The zero-order valence-corrected chi connectivity index (χ0v) is 19.9. The van der Waals surface area contributed by atoms with Crippen molar-refractivity contribution in [1.82, 2.24) is 24.9 Å². The van der Waals surface area contributed by atoms with Crippen molar-refractivity contribution in [2.75, 3.05) is 23.0 Å². The fourth-order valence-corrected chi connectivity index (χ4v) is 4.17. The third-order valence-electron chi connectivity index (χ3n) is 5.99. The summed E-state index contributed by atoms with van der Waals surface area (Å²) in [5, 5.41) is 11.1. The first-order chi connectivity index (χ1) is 17.6. The number of imidazole rings is 1. The van der Waals surface area contributed by atoms with Crippen LogP contribution in [-0.2, 0) is 0 Å². The fraction of sp³-hybridized carbons (Fsp3) is 0.0714. The van der Waals surface area contributed by atoms with Crippen molar-refractivity contribution in [1.29, 1.82) is 0 Å². The number of nitrogens with one attached hydrogen (secondary N) is 4. The molecule has 0 saturated carbocycles. The molecular weight excluding hydrogens is 448 g/mol. The van der Waals surface area contributed by atoms with Gasteiger partial charge in [0.05, 0.1) is 17.4 Å². The van der Waals surface area contributed by atoms with Crippen molar-refractivity contribution in [2.45, 2.75) is 6.92 Å². The maximum absolute atomic E-state index is 4.77. The lowest BCUT2D eigenvalue weighted by Gasteiger charge is -2.11. The first-order valence-electron chi connectivity index (χ1n) is 11.6. The summed E-state index contributed by atoms with van der Waals surface area (Å²) in [6.07, 6.45) is 5.40. The topological polar surface area (TPSA) is 103 Å². The van der Waals surface area contributed by atoms with E-state index in [1.54, 1.807) is 12.4 Å². The number of nitrogens with zero attached hydrogens (tertiary/aromatic N) is 4. The highest BCUT2D eigenvalue weighted by atomic mass is 15.0. The van der Waals surface area contributed by atoms with Gasteiger partial charge in [-0.05, 0) is 73.7 Å². The summed E-state index contributed by atoms with van der Waals surface area (Å²) in [7, 11) is 1.91. The van der Waals surface area contributed by atoms with E-state index in [0.717, 1.165) is 67.6 Å². The van der Waals surface area contributed by atoms with Gasteiger partial charge < -0.3 is 20.9 Å². The van der Waals surface area contributed by atoms with Crippen LogP contribution in [0.25, 0.3) is 33.5 Å². The Morgan fingerprint density at radius 3 is 2.36 bits per heavy atom. The Balaban J connectivity index is 1.24. The highest BCUT2D eigenvalue weighted by molar-refractivity contribution is 5.95. The fourth-order valence-electron chi connectivity index (χ4n) is 4.17. The molecule has 8 nitrogen and oxygen atoms in total. The molecule has 0 bridgehead atoms. The highest BCUT2D eigenvalue weighted by Gasteiger charge is 2.09. The quantitative estimate of drug-likeness (QED) is 0.222. The standard InChI is InChI=1S/C28H24N8/c1-17-13-21(9-11-30-17)33-22-15-26-28(32-16-22)36-27(35-26)18-3-5-19(6-4-18)34-25-10-12-31-24-8-7-20(29-2)14-23(24)25/h3-16,29H,1-2H3,(H,30,33)(H,31,34)(H,32,35,36). The van der Waals surface area contributed by atoms with Crippen LogP contribution in [0.5, 0.6) is 0 Å². The minimum absolute atomic E-state index is 0.743. The zero-order valence-electron chi connectivity index (χ0n) is 19.9. The summed E-state index contributed by atoms with van der Waals surface area (Å²) in [6.45, 7) is 1.96. The molecule has 0 aliphatic rings. The number of H-pyrrole nitrogens is 1. The molecule has 0 spiro atoms. The lowest BCUT2D eigenvalue weighted by Crippen LogP contribution is -1.94. The van der Waals surface area contributed by atoms with Crippen LogP contribution in [0.1, 0.15) is 5.69 Å². The molecule has 0 fully saturated rings. The molecule has 0 aliphatic carbocycles. The lowest BCUT2D eigenvalue weighted by molar-refractivity contribution is 1.20. The summed E-state index contributed by atoms with van der Waals surface area (Å²) < 4.78 is 0. The smallest absolute Gasteiger partial charge is 0.157 e. The van der Waals surface area contributed by atoms with Gasteiger partial charge in [0.25, 0.3) is 0 Å². The summed E-state index contributed by atoms with van der Waals surface area (Å²) >= 11 is 0. The number of rotatable bonds is 6. The molecule has 6 aromatic rings. The van der Waals surface area contributed by atoms with Gasteiger partial charge in [-0.1, -0.05) is 0 Å². The van der Waals surface area contributed by atoms with Gasteiger partial charge >= 0.3 is 0 Å².